The number of nitrogens with one attached hydrogen (secondary N) is 1. The molecular formula is C12H15ClN4O2. The maximum absolute atomic E-state index is 11.7. The van der Waals surface area contributed by atoms with Gasteiger partial charge in [0.1, 0.15) is 6.04 Å². The van der Waals surface area contributed by atoms with Crippen LogP contribution in [0.4, 0.5) is 11.4 Å². The molecule has 2 amide bonds. The Morgan fingerprint density at radius 1 is 1.53 bits per heavy atom. The normalized spacial score (nSPS) is 19.2. The third-order valence-corrected chi connectivity index (χ3v) is 3.43. The van der Waals surface area contributed by atoms with E-state index in [2.05, 4.69) is 5.32 Å². The number of anilines is 2. The largest absolute Gasteiger partial charge is 0.399 e. The summed E-state index contributed by atoms with van der Waals surface area (Å²) in [5.41, 5.74) is 12.1. The standard InChI is InChI=1S/C12H15ClN4O2/c1-6-12(19)16-2-3-17(6)10-8(11(15)18)4-7(14)5-9(10)13/h4-6H,2-3,14H2,1H3,(H2,15,18)(H,16,19). The number of benzene rings is 1. The number of hydrogen-bond acceptors (Lipinski definition) is 4. The number of carbonyl (C=O) groups excluding carboxylic acids is 2. The number of rotatable bonds is 2. The van der Waals surface area contributed by atoms with Gasteiger partial charge in [-0.2, -0.15) is 0 Å². The van der Waals surface area contributed by atoms with Crippen LogP contribution in [0.5, 0.6) is 0 Å². The van der Waals surface area contributed by atoms with Gasteiger partial charge in [-0.3, -0.25) is 9.59 Å². The minimum Gasteiger partial charge on any atom is -0.399 e. The van der Waals surface area contributed by atoms with E-state index < -0.39 is 11.9 Å². The van der Waals surface area contributed by atoms with E-state index in [9.17, 15) is 9.59 Å². The lowest BCUT2D eigenvalue weighted by Gasteiger charge is -2.36. The molecule has 0 saturated carbocycles. The van der Waals surface area contributed by atoms with E-state index in [-0.39, 0.29) is 11.5 Å². The molecular weight excluding hydrogens is 268 g/mol. The van der Waals surface area contributed by atoms with Crippen molar-refractivity contribution >= 4 is 34.8 Å². The van der Waals surface area contributed by atoms with Gasteiger partial charge < -0.3 is 21.7 Å². The van der Waals surface area contributed by atoms with Crippen molar-refractivity contribution in [3.05, 3.63) is 22.7 Å². The molecule has 0 aromatic heterocycles. The van der Waals surface area contributed by atoms with Gasteiger partial charge in [0.2, 0.25) is 5.91 Å². The Hall–Kier alpha value is -1.95. The van der Waals surface area contributed by atoms with E-state index in [0.29, 0.717) is 29.5 Å². The van der Waals surface area contributed by atoms with Crippen LogP contribution in [0.3, 0.4) is 0 Å². The molecule has 1 aliphatic rings. The van der Waals surface area contributed by atoms with E-state index in [1.54, 1.807) is 17.9 Å². The van der Waals surface area contributed by atoms with E-state index in [0.717, 1.165) is 0 Å². The molecule has 0 aliphatic carbocycles. The molecule has 6 nitrogen and oxygen atoms in total. The summed E-state index contributed by atoms with van der Waals surface area (Å²) in [5.74, 6) is -0.739. The highest BCUT2D eigenvalue weighted by Gasteiger charge is 2.29. The number of piperazine rings is 1. The van der Waals surface area contributed by atoms with E-state index in [1.165, 1.54) is 6.07 Å². The van der Waals surface area contributed by atoms with Crippen LogP contribution >= 0.6 is 11.6 Å². The number of primary amides is 1. The van der Waals surface area contributed by atoms with Crippen LogP contribution < -0.4 is 21.7 Å². The fourth-order valence-corrected chi connectivity index (χ4v) is 2.52. The smallest absolute Gasteiger partial charge is 0.250 e. The lowest BCUT2D eigenvalue weighted by Crippen LogP contribution is -2.54. The lowest BCUT2D eigenvalue weighted by atomic mass is 10.1. The minimum atomic E-state index is -0.623. The van der Waals surface area contributed by atoms with Gasteiger partial charge in [0.15, 0.2) is 0 Å². The highest BCUT2D eigenvalue weighted by Crippen LogP contribution is 2.34. The van der Waals surface area contributed by atoms with Crippen LogP contribution in [0.15, 0.2) is 12.1 Å². The van der Waals surface area contributed by atoms with Crippen molar-refractivity contribution in [2.45, 2.75) is 13.0 Å². The van der Waals surface area contributed by atoms with Crippen molar-refractivity contribution in [3.63, 3.8) is 0 Å². The quantitative estimate of drug-likeness (QED) is 0.681. The molecule has 5 N–H and O–H groups in total. The lowest BCUT2D eigenvalue weighted by molar-refractivity contribution is -0.122. The molecule has 1 aromatic rings. The maximum atomic E-state index is 11.7. The van der Waals surface area contributed by atoms with E-state index in [4.69, 9.17) is 23.1 Å². The van der Waals surface area contributed by atoms with Crippen molar-refractivity contribution in [2.75, 3.05) is 23.7 Å². The third-order valence-electron chi connectivity index (χ3n) is 3.14. The van der Waals surface area contributed by atoms with Gasteiger partial charge in [0.05, 0.1) is 16.3 Å². The first-order valence-corrected chi connectivity index (χ1v) is 6.22. The van der Waals surface area contributed by atoms with Crippen molar-refractivity contribution < 1.29 is 9.59 Å². The molecule has 1 fully saturated rings. The van der Waals surface area contributed by atoms with Crippen molar-refractivity contribution in [3.8, 4) is 0 Å². The van der Waals surface area contributed by atoms with Crippen LogP contribution in [0, 0.1) is 0 Å². The SMILES string of the molecule is CC1C(=O)NCCN1c1c(Cl)cc(N)cc1C(N)=O. The summed E-state index contributed by atoms with van der Waals surface area (Å²) in [6.07, 6.45) is 0. The average Bonchev–Trinajstić information content (AvgIpc) is 2.32. The maximum Gasteiger partial charge on any atom is 0.250 e. The molecule has 0 bridgehead atoms. The Bertz CT molecular complexity index is 547. The first kappa shape index (κ1) is 13.5. The topological polar surface area (TPSA) is 101 Å². The molecule has 1 heterocycles. The second-order valence-electron chi connectivity index (χ2n) is 4.42. The average molecular weight is 283 g/mol. The molecule has 0 spiro atoms. The minimum absolute atomic E-state index is 0.116. The summed E-state index contributed by atoms with van der Waals surface area (Å²) in [7, 11) is 0. The summed E-state index contributed by atoms with van der Waals surface area (Å²) < 4.78 is 0. The highest BCUT2D eigenvalue weighted by atomic mass is 35.5. The third kappa shape index (κ3) is 2.44. The first-order valence-electron chi connectivity index (χ1n) is 5.85. The van der Waals surface area contributed by atoms with Crippen molar-refractivity contribution in [1.29, 1.82) is 0 Å². The van der Waals surface area contributed by atoms with Crippen LogP contribution in [0.2, 0.25) is 5.02 Å². The van der Waals surface area contributed by atoms with E-state index in [1.807, 2.05) is 0 Å². The summed E-state index contributed by atoms with van der Waals surface area (Å²) >= 11 is 6.16. The molecule has 19 heavy (non-hydrogen) atoms. The second kappa shape index (κ2) is 4.97. The monoisotopic (exact) mass is 282 g/mol. The molecule has 1 unspecified atom stereocenters. The van der Waals surface area contributed by atoms with Crippen molar-refractivity contribution in [1.82, 2.24) is 5.32 Å². The summed E-state index contributed by atoms with van der Waals surface area (Å²) in [6.45, 7) is 2.78. The number of hydrogen-bond donors (Lipinski definition) is 3. The van der Waals surface area contributed by atoms with Gasteiger partial charge in [0.25, 0.3) is 5.91 Å². The first-order chi connectivity index (χ1) is 8.91. The zero-order chi connectivity index (χ0) is 14.2. The highest BCUT2D eigenvalue weighted by molar-refractivity contribution is 6.34. The predicted molar refractivity (Wildman–Crippen MR) is 74.2 cm³/mol. The number of nitrogens with two attached hydrogens (primary N) is 2. The Morgan fingerprint density at radius 2 is 2.21 bits per heavy atom. The fourth-order valence-electron chi connectivity index (χ4n) is 2.19. The Balaban J connectivity index is 2.54. The van der Waals surface area contributed by atoms with Crippen LogP contribution in [-0.4, -0.2) is 30.9 Å². The van der Waals surface area contributed by atoms with Crippen molar-refractivity contribution in [2.24, 2.45) is 5.73 Å². The summed E-state index contributed by atoms with van der Waals surface area (Å²) in [4.78, 5) is 25.0. The molecule has 1 aliphatic heterocycles. The zero-order valence-corrected chi connectivity index (χ0v) is 11.2. The molecule has 1 saturated heterocycles. The Morgan fingerprint density at radius 3 is 2.84 bits per heavy atom. The van der Waals surface area contributed by atoms with E-state index >= 15 is 0 Å². The molecule has 0 radical (unpaired) electrons. The van der Waals surface area contributed by atoms with Gasteiger partial charge in [0, 0.05) is 18.8 Å². The second-order valence-corrected chi connectivity index (χ2v) is 4.83. The zero-order valence-electron chi connectivity index (χ0n) is 10.4. The molecule has 2 rings (SSSR count). The Kier molecular flexibility index (Phi) is 3.53. The number of nitrogen functional groups attached to an aromatic ring is 1. The van der Waals surface area contributed by atoms with Gasteiger partial charge in [-0.25, -0.2) is 0 Å². The van der Waals surface area contributed by atoms with Gasteiger partial charge >= 0.3 is 0 Å². The number of carbonyl (C=O) groups is 2. The number of amides is 2. The predicted octanol–water partition coefficient (Wildman–Crippen LogP) is 0.346. The van der Waals surface area contributed by atoms with Gasteiger partial charge in [-0.1, -0.05) is 11.6 Å². The Labute approximate surface area is 115 Å². The summed E-state index contributed by atoms with van der Waals surface area (Å²) in [6, 6.07) is 2.60. The molecule has 1 atom stereocenters. The number of nitrogens with zero attached hydrogens (tertiary/aromatic N) is 1. The molecule has 102 valence electrons. The summed E-state index contributed by atoms with van der Waals surface area (Å²) in [5, 5.41) is 3.06. The van der Waals surface area contributed by atoms with Gasteiger partial charge in [-0.05, 0) is 19.1 Å². The fraction of sp³-hybridized carbons (Fsp3) is 0.333. The molecule has 7 heteroatoms. The van der Waals surface area contributed by atoms with Crippen LogP contribution in [0.1, 0.15) is 17.3 Å². The number of halogens is 1. The van der Waals surface area contributed by atoms with Crippen LogP contribution in [0.25, 0.3) is 0 Å². The van der Waals surface area contributed by atoms with Gasteiger partial charge in [-0.15, -0.1) is 0 Å². The molecule has 1 aromatic carbocycles. The van der Waals surface area contributed by atoms with Crippen LogP contribution in [-0.2, 0) is 4.79 Å².